The lowest BCUT2D eigenvalue weighted by Crippen LogP contribution is -2.37. The van der Waals surface area contributed by atoms with Crippen LogP contribution in [-0.4, -0.2) is 42.7 Å². The lowest BCUT2D eigenvalue weighted by molar-refractivity contribution is -0.107. The lowest BCUT2D eigenvalue weighted by atomic mass is 10.4. The number of amidine groups is 1. The first kappa shape index (κ1) is 12.9. The van der Waals surface area contributed by atoms with Crippen molar-refractivity contribution < 1.29 is 9.63 Å². The van der Waals surface area contributed by atoms with E-state index >= 15 is 0 Å². The molecule has 1 atom stereocenters. The predicted octanol–water partition coefficient (Wildman–Crippen LogP) is 0.926. The van der Waals surface area contributed by atoms with E-state index in [2.05, 4.69) is 16.5 Å². The molecule has 0 bridgehead atoms. The zero-order valence-electron chi connectivity index (χ0n) is 10.00. The summed E-state index contributed by atoms with van der Waals surface area (Å²) in [6, 6.07) is 10.4. The SMILES string of the molecule is CN1CON=C1CNC(C=O)Sc1cc[c]cc1. The minimum atomic E-state index is -0.302. The second-order valence-corrected chi connectivity index (χ2v) is 4.97. The maximum Gasteiger partial charge on any atom is 0.190 e. The number of likely N-dealkylation sites (N-methyl/N-ethyl adjacent to an activating group) is 1. The molecule has 0 fully saturated rings. The molecule has 1 aromatic carbocycles. The molecular formula is C12H14N3O2S. The van der Waals surface area contributed by atoms with Gasteiger partial charge in [-0.1, -0.05) is 29.1 Å². The molecule has 6 heteroatoms. The van der Waals surface area contributed by atoms with Crippen LogP contribution in [0.5, 0.6) is 0 Å². The smallest absolute Gasteiger partial charge is 0.190 e. The van der Waals surface area contributed by atoms with Crippen molar-refractivity contribution in [3.05, 3.63) is 30.3 Å². The van der Waals surface area contributed by atoms with Crippen LogP contribution in [0.15, 0.2) is 34.3 Å². The molecule has 18 heavy (non-hydrogen) atoms. The number of benzene rings is 1. The molecule has 5 nitrogen and oxygen atoms in total. The molecule has 1 radical (unpaired) electrons. The summed E-state index contributed by atoms with van der Waals surface area (Å²) in [6.07, 6.45) is 0.887. The molecule has 1 N–H and O–H groups in total. The van der Waals surface area contributed by atoms with E-state index in [1.807, 2.05) is 36.2 Å². The van der Waals surface area contributed by atoms with Crippen molar-refractivity contribution in [3.63, 3.8) is 0 Å². The molecule has 0 aromatic heterocycles. The summed E-state index contributed by atoms with van der Waals surface area (Å²) in [6.45, 7) is 0.969. The van der Waals surface area contributed by atoms with Crippen molar-refractivity contribution in [2.45, 2.75) is 10.3 Å². The van der Waals surface area contributed by atoms with E-state index in [0.29, 0.717) is 13.3 Å². The van der Waals surface area contributed by atoms with Gasteiger partial charge in [-0.05, 0) is 18.2 Å². The van der Waals surface area contributed by atoms with Gasteiger partial charge in [0, 0.05) is 11.9 Å². The van der Waals surface area contributed by atoms with Gasteiger partial charge in [0.05, 0.1) is 6.54 Å². The Hall–Kier alpha value is -1.53. The minimum absolute atomic E-state index is 0.302. The molecule has 1 unspecified atom stereocenters. The molecule has 0 aliphatic carbocycles. The van der Waals surface area contributed by atoms with Gasteiger partial charge in [-0.2, -0.15) is 0 Å². The van der Waals surface area contributed by atoms with E-state index in [-0.39, 0.29) is 5.37 Å². The summed E-state index contributed by atoms with van der Waals surface area (Å²) >= 11 is 1.46. The summed E-state index contributed by atoms with van der Waals surface area (Å²) in [5, 5.41) is 6.70. The van der Waals surface area contributed by atoms with Gasteiger partial charge in [-0.25, -0.2) is 0 Å². The molecule has 0 spiro atoms. The Kier molecular flexibility index (Phi) is 4.60. The third-order valence-electron chi connectivity index (χ3n) is 2.40. The second kappa shape index (κ2) is 6.42. The summed E-state index contributed by atoms with van der Waals surface area (Å²) in [5.74, 6) is 0.795. The number of carbonyl (C=O) groups excluding carboxylic acids is 1. The van der Waals surface area contributed by atoms with E-state index in [0.717, 1.165) is 17.0 Å². The van der Waals surface area contributed by atoms with Crippen LogP contribution in [0.3, 0.4) is 0 Å². The van der Waals surface area contributed by atoms with E-state index in [1.54, 1.807) is 0 Å². The van der Waals surface area contributed by atoms with Gasteiger partial charge < -0.3 is 14.5 Å². The van der Waals surface area contributed by atoms with Crippen molar-refractivity contribution in [2.75, 3.05) is 20.3 Å². The summed E-state index contributed by atoms with van der Waals surface area (Å²) in [5.41, 5.74) is 0. The van der Waals surface area contributed by atoms with E-state index in [4.69, 9.17) is 4.84 Å². The quantitative estimate of drug-likeness (QED) is 0.470. The number of carbonyl (C=O) groups is 1. The number of hydrogen-bond donors (Lipinski definition) is 1. The fraction of sp³-hybridized carbons (Fsp3) is 0.333. The predicted molar refractivity (Wildman–Crippen MR) is 70.1 cm³/mol. The molecule has 0 amide bonds. The van der Waals surface area contributed by atoms with Gasteiger partial charge in [-0.3, -0.25) is 5.32 Å². The number of oxime groups is 1. The van der Waals surface area contributed by atoms with Crippen LogP contribution in [0.2, 0.25) is 0 Å². The highest BCUT2D eigenvalue weighted by atomic mass is 32.2. The van der Waals surface area contributed by atoms with Crippen LogP contribution in [0.25, 0.3) is 0 Å². The number of nitrogens with one attached hydrogen (secondary N) is 1. The Morgan fingerprint density at radius 3 is 3.06 bits per heavy atom. The fourth-order valence-corrected chi connectivity index (χ4v) is 2.22. The van der Waals surface area contributed by atoms with Crippen LogP contribution in [0.1, 0.15) is 0 Å². The van der Waals surface area contributed by atoms with Gasteiger partial charge in [0.2, 0.25) is 0 Å². The summed E-state index contributed by atoms with van der Waals surface area (Å²) in [7, 11) is 1.89. The minimum Gasteiger partial charge on any atom is -0.372 e. The van der Waals surface area contributed by atoms with Crippen molar-refractivity contribution in [3.8, 4) is 0 Å². The van der Waals surface area contributed by atoms with Gasteiger partial charge in [-0.15, -0.1) is 0 Å². The Labute approximate surface area is 110 Å². The van der Waals surface area contributed by atoms with Crippen molar-refractivity contribution in [1.29, 1.82) is 0 Å². The van der Waals surface area contributed by atoms with Crippen LogP contribution in [-0.2, 0) is 9.63 Å². The fourth-order valence-electron chi connectivity index (χ4n) is 1.41. The number of aldehydes is 1. The number of rotatable bonds is 6. The summed E-state index contributed by atoms with van der Waals surface area (Å²) in [4.78, 5) is 18.9. The Balaban J connectivity index is 1.84. The Morgan fingerprint density at radius 2 is 2.44 bits per heavy atom. The lowest BCUT2D eigenvalue weighted by Gasteiger charge is -2.14. The Bertz CT molecular complexity index is 425. The monoisotopic (exact) mass is 264 g/mol. The zero-order chi connectivity index (χ0) is 12.8. The van der Waals surface area contributed by atoms with Gasteiger partial charge >= 0.3 is 0 Å². The molecule has 0 saturated heterocycles. The number of thioether (sulfide) groups is 1. The molecule has 95 valence electrons. The molecule has 1 aliphatic heterocycles. The largest absolute Gasteiger partial charge is 0.372 e. The molecule has 1 heterocycles. The standard InChI is InChI=1S/C12H14N3O2S/c1-15-9-17-14-11(15)7-13-12(8-16)18-10-5-3-2-4-6-10/h3-6,8,12-13H,7,9H2,1H3. The van der Waals surface area contributed by atoms with Crippen LogP contribution in [0, 0.1) is 6.07 Å². The van der Waals surface area contributed by atoms with Gasteiger partial charge in [0.1, 0.15) is 11.7 Å². The highest BCUT2D eigenvalue weighted by Gasteiger charge is 2.16. The van der Waals surface area contributed by atoms with Crippen molar-refractivity contribution in [2.24, 2.45) is 5.16 Å². The molecule has 1 aliphatic rings. The molecular weight excluding hydrogens is 250 g/mol. The molecule has 1 aromatic rings. The number of hydrogen-bond acceptors (Lipinski definition) is 6. The molecule has 0 saturated carbocycles. The van der Waals surface area contributed by atoms with Crippen molar-refractivity contribution in [1.82, 2.24) is 10.2 Å². The average molecular weight is 264 g/mol. The summed E-state index contributed by atoms with van der Waals surface area (Å²) < 4.78 is 0. The average Bonchev–Trinajstić information content (AvgIpc) is 2.81. The third-order valence-corrected chi connectivity index (χ3v) is 3.47. The third kappa shape index (κ3) is 3.48. The van der Waals surface area contributed by atoms with Crippen LogP contribution in [0.4, 0.5) is 0 Å². The first-order valence-electron chi connectivity index (χ1n) is 5.51. The van der Waals surface area contributed by atoms with E-state index in [9.17, 15) is 4.79 Å². The normalized spacial score (nSPS) is 16.1. The maximum atomic E-state index is 11.0. The van der Waals surface area contributed by atoms with E-state index < -0.39 is 0 Å². The second-order valence-electron chi connectivity index (χ2n) is 3.75. The maximum absolute atomic E-state index is 11.0. The number of nitrogens with zero attached hydrogens (tertiary/aromatic N) is 2. The topological polar surface area (TPSA) is 53.9 Å². The Morgan fingerprint density at radius 1 is 1.67 bits per heavy atom. The van der Waals surface area contributed by atoms with Gasteiger partial charge in [0.15, 0.2) is 12.6 Å². The van der Waals surface area contributed by atoms with Gasteiger partial charge in [0.25, 0.3) is 0 Å². The highest BCUT2D eigenvalue weighted by molar-refractivity contribution is 8.00. The molecule has 2 rings (SSSR count). The zero-order valence-corrected chi connectivity index (χ0v) is 10.8. The first-order valence-corrected chi connectivity index (χ1v) is 6.39. The first-order chi connectivity index (χ1) is 8.79. The van der Waals surface area contributed by atoms with Crippen LogP contribution < -0.4 is 5.32 Å². The van der Waals surface area contributed by atoms with Crippen LogP contribution >= 0.6 is 11.8 Å². The van der Waals surface area contributed by atoms with Crippen molar-refractivity contribution >= 4 is 23.9 Å². The van der Waals surface area contributed by atoms with E-state index in [1.165, 1.54) is 11.8 Å². The highest BCUT2D eigenvalue weighted by Crippen LogP contribution is 2.19.